The zero-order valence-electron chi connectivity index (χ0n) is 6.08. The number of benzene rings is 1. The maximum atomic E-state index is 10.6. The van der Waals surface area contributed by atoms with Crippen LogP contribution in [0.5, 0.6) is 0 Å². The summed E-state index contributed by atoms with van der Waals surface area (Å²) in [5.74, 6) is -0.885. The number of aromatic carboxylic acids is 1. The summed E-state index contributed by atoms with van der Waals surface area (Å²) in [4.78, 5) is 10.6. The number of hydrogen-bond donors (Lipinski definition) is 1. The minimum absolute atomic E-state index is 0.350. The largest absolute Gasteiger partial charge is 0.478 e. The van der Waals surface area contributed by atoms with Gasteiger partial charge < -0.3 is 5.11 Å². The molecule has 0 saturated heterocycles. The summed E-state index contributed by atoms with van der Waals surface area (Å²) < 4.78 is 0. The Kier molecular flexibility index (Phi) is 2.26. The first kappa shape index (κ1) is 7.79. The van der Waals surface area contributed by atoms with Gasteiger partial charge in [-0.15, -0.1) is 0 Å². The molecule has 0 atom stereocenters. The van der Waals surface area contributed by atoms with E-state index in [2.05, 4.69) is 6.92 Å². The summed E-state index contributed by atoms with van der Waals surface area (Å²) in [5.41, 5.74) is 1.13. The first-order valence-corrected chi connectivity index (χ1v) is 3.36. The average molecular weight is 149 g/mol. The highest BCUT2D eigenvalue weighted by atomic mass is 16.4. The van der Waals surface area contributed by atoms with Crippen molar-refractivity contribution in [3.63, 3.8) is 0 Å². The predicted molar refractivity (Wildman–Crippen MR) is 42.5 cm³/mol. The number of hydrogen-bond acceptors (Lipinski definition) is 1. The minimum atomic E-state index is -0.885. The second-order valence-electron chi connectivity index (χ2n) is 2.21. The highest BCUT2D eigenvalue weighted by Gasteiger charge is 2.05. The standard InChI is InChI=1S/C9H9O2/c1-2-7-5-3-4-6-8(7)9(10)11/h3-6H,1-2H2,(H,10,11). The van der Waals surface area contributed by atoms with E-state index < -0.39 is 5.97 Å². The van der Waals surface area contributed by atoms with E-state index in [0.29, 0.717) is 12.0 Å². The Bertz CT molecular complexity index is 266. The van der Waals surface area contributed by atoms with Gasteiger partial charge in [-0.05, 0) is 25.0 Å². The van der Waals surface area contributed by atoms with Gasteiger partial charge in [0.25, 0.3) is 0 Å². The van der Waals surface area contributed by atoms with Crippen molar-refractivity contribution < 1.29 is 9.90 Å². The van der Waals surface area contributed by atoms with Crippen LogP contribution in [0.4, 0.5) is 0 Å². The molecule has 1 N–H and O–H groups in total. The van der Waals surface area contributed by atoms with E-state index in [0.717, 1.165) is 5.56 Å². The van der Waals surface area contributed by atoms with Crippen LogP contribution in [0.3, 0.4) is 0 Å². The predicted octanol–water partition coefficient (Wildman–Crippen LogP) is 1.76. The fourth-order valence-corrected chi connectivity index (χ4v) is 0.947. The van der Waals surface area contributed by atoms with Gasteiger partial charge in [0.1, 0.15) is 0 Å². The summed E-state index contributed by atoms with van der Waals surface area (Å²) >= 11 is 0. The van der Waals surface area contributed by atoms with Crippen molar-refractivity contribution >= 4 is 5.97 Å². The maximum Gasteiger partial charge on any atom is 0.335 e. The van der Waals surface area contributed by atoms with Gasteiger partial charge in [-0.3, -0.25) is 0 Å². The summed E-state index contributed by atoms with van der Waals surface area (Å²) in [6.07, 6.45) is 0.516. The molecular weight excluding hydrogens is 140 g/mol. The van der Waals surface area contributed by atoms with Crippen molar-refractivity contribution in [1.29, 1.82) is 0 Å². The summed E-state index contributed by atoms with van der Waals surface area (Å²) in [7, 11) is 0. The molecule has 2 nitrogen and oxygen atoms in total. The van der Waals surface area contributed by atoms with Crippen molar-refractivity contribution in [1.82, 2.24) is 0 Å². The van der Waals surface area contributed by atoms with Gasteiger partial charge in [-0.25, -0.2) is 4.79 Å². The number of rotatable bonds is 2. The number of carboxylic acids is 1. The van der Waals surface area contributed by atoms with Gasteiger partial charge in [-0.2, -0.15) is 0 Å². The topological polar surface area (TPSA) is 37.3 Å². The minimum Gasteiger partial charge on any atom is -0.478 e. The van der Waals surface area contributed by atoms with Crippen molar-refractivity contribution in [2.75, 3.05) is 0 Å². The maximum absolute atomic E-state index is 10.6. The molecular formula is C9H9O2. The smallest absolute Gasteiger partial charge is 0.335 e. The molecule has 1 rings (SSSR count). The molecule has 1 aromatic rings. The van der Waals surface area contributed by atoms with Crippen molar-refractivity contribution in [3.05, 3.63) is 42.3 Å². The Balaban J connectivity index is 3.12. The normalized spacial score (nSPS) is 9.55. The molecule has 0 aromatic heterocycles. The van der Waals surface area contributed by atoms with Gasteiger partial charge in [0.2, 0.25) is 0 Å². The Hall–Kier alpha value is -1.31. The quantitative estimate of drug-likeness (QED) is 0.695. The van der Waals surface area contributed by atoms with Crippen molar-refractivity contribution in [3.8, 4) is 0 Å². The highest BCUT2D eigenvalue weighted by Crippen LogP contribution is 2.08. The molecule has 0 aliphatic heterocycles. The molecule has 0 aliphatic carbocycles. The Morgan fingerprint density at radius 2 is 2.09 bits per heavy atom. The molecule has 1 radical (unpaired) electrons. The van der Waals surface area contributed by atoms with E-state index in [1.807, 2.05) is 6.07 Å². The van der Waals surface area contributed by atoms with Gasteiger partial charge in [0, 0.05) is 0 Å². The van der Waals surface area contributed by atoms with Crippen LogP contribution < -0.4 is 0 Å². The van der Waals surface area contributed by atoms with Gasteiger partial charge in [0.15, 0.2) is 0 Å². The SMILES string of the molecule is [CH2]Cc1ccccc1C(=O)O. The lowest BCUT2D eigenvalue weighted by molar-refractivity contribution is 0.0696. The van der Waals surface area contributed by atoms with Crippen LogP contribution >= 0.6 is 0 Å². The molecule has 2 heteroatoms. The third-order valence-corrected chi connectivity index (χ3v) is 1.52. The van der Waals surface area contributed by atoms with Crippen molar-refractivity contribution in [2.45, 2.75) is 6.42 Å². The van der Waals surface area contributed by atoms with Gasteiger partial charge in [0.05, 0.1) is 5.56 Å². The molecule has 0 saturated carbocycles. The van der Waals surface area contributed by atoms with E-state index in [1.54, 1.807) is 18.2 Å². The first-order valence-electron chi connectivity index (χ1n) is 3.36. The third-order valence-electron chi connectivity index (χ3n) is 1.52. The van der Waals surface area contributed by atoms with Crippen LogP contribution in [-0.2, 0) is 6.42 Å². The monoisotopic (exact) mass is 149 g/mol. The lowest BCUT2D eigenvalue weighted by Gasteiger charge is -2.00. The zero-order valence-corrected chi connectivity index (χ0v) is 6.08. The second-order valence-corrected chi connectivity index (χ2v) is 2.21. The summed E-state index contributed by atoms with van der Waals surface area (Å²) in [6.45, 7) is 3.64. The van der Waals surface area contributed by atoms with Crippen LogP contribution in [0.25, 0.3) is 0 Å². The molecule has 11 heavy (non-hydrogen) atoms. The van der Waals surface area contributed by atoms with Crippen LogP contribution in [0.2, 0.25) is 0 Å². The van der Waals surface area contributed by atoms with E-state index in [-0.39, 0.29) is 0 Å². The molecule has 1 aromatic carbocycles. The Labute approximate surface area is 65.5 Å². The Morgan fingerprint density at radius 1 is 1.45 bits per heavy atom. The summed E-state index contributed by atoms with van der Waals surface area (Å²) in [6, 6.07) is 6.88. The first-order chi connectivity index (χ1) is 5.25. The molecule has 0 amide bonds. The molecule has 57 valence electrons. The van der Waals surface area contributed by atoms with Gasteiger partial charge >= 0.3 is 5.97 Å². The second kappa shape index (κ2) is 3.19. The number of carbonyl (C=O) groups is 1. The highest BCUT2D eigenvalue weighted by molar-refractivity contribution is 5.89. The van der Waals surface area contributed by atoms with Crippen LogP contribution in [0, 0.1) is 6.92 Å². The molecule has 0 fully saturated rings. The van der Waals surface area contributed by atoms with Crippen molar-refractivity contribution in [2.24, 2.45) is 0 Å². The zero-order chi connectivity index (χ0) is 8.27. The fourth-order valence-electron chi connectivity index (χ4n) is 0.947. The van der Waals surface area contributed by atoms with Crippen LogP contribution in [0.1, 0.15) is 15.9 Å². The van der Waals surface area contributed by atoms with Crippen LogP contribution in [0.15, 0.2) is 24.3 Å². The van der Waals surface area contributed by atoms with E-state index in [9.17, 15) is 4.79 Å². The molecule has 0 heterocycles. The molecule has 0 aliphatic rings. The molecule has 0 spiro atoms. The lowest BCUT2D eigenvalue weighted by atomic mass is 10.1. The fraction of sp³-hybridized carbons (Fsp3) is 0.111. The molecule has 0 bridgehead atoms. The lowest BCUT2D eigenvalue weighted by Crippen LogP contribution is -2.00. The number of carboxylic acid groups (broad SMARTS) is 1. The van der Waals surface area contributed by atoms with E-state index >= 15 is 0 Å². The van der Waals surface area contributed by atoms with E-state index in [4.69, 9.17) is 5.11 Å². The van der Waals surface area contributed by atoms with E-state index in [1.165, 1.54) is 0 Å². The molecule has 0 unspecified atom stereocenters. The third kappa shape index (κ3) is 1.58. The Morgan fingerprint density at radius 3 is 2.55 bits per heavy atom. The van der Waals surface area contributed by atoms with Crippen LogP contribution in [-0.4, -0.2) is 11.1 Å². The average Bonchev–Trinajstić information content (AvgIpc) is 2.04. The summed E-state index contributed by atoms with van der Waals surface area (Å²) in [5, 5.41) is 8.67. The van der Waals surface area contributed by atoms with Gasteiger partial charge in [-0.1, -0.05) is 18.2 Å².